The lowest BCUT2D eigenvalue weighted by atomic mass is 9.94. The van der Waals surface area contributed by atoms with E-state index in [9.17, 15) is 4.79 Å². The third-order valence-corrected chi connectivity index (χ3v) is 6.00. The van der Waals surface area contributed by atoms with E-state index in [1.807, 2.05) is 0 Å². The van der Waals surface area contributed by atoms with Crippen LogP contribution in [0.3, 0.4) is 0 Å². The molecule has 3 fully saturated rings. The van der Waals surface area contributed by atoms with E-state index in [1.165, 1.54) is 38.5 Å². The molecule has 24 heavy (non-hydrogen) atoms. The summed E-state index contributed by atoms with van der Waals surface area (Å²) in [7, 11) is 0. The van der Waals surface area contributed by atoms with E-state index in [-0.39, 0.29) is 0 Å². The summed E-state index contributed by atoms with van der Waals surface area (Å²) in [6, 6.07) is 0. The maximum absolute atomic E-state index is 12.5. The summed E-state index contributed by atoms with van der Waals surface area (Å²) >= 11 is 0. The Morgan fingerprint density at radius 3 is 2.67 bits per heavy atom. The van der Waals surface area contributed by atoms with Crippen LogP contribution in [0.2, 0.25) is 0 Å². The van der Waals surface area contributed by atoms with Crippen molar-refractivity contribution in [1.82, 2.24) is 15.0 Å². The predicted octanol–water partition coefficient (Wildman–Crippen LogP) is 3.70. The summed E-state index contributed by atoms with van der Waals surface area (Å²) < 4.78 is 5.41. The van der Waals surface area contributed by atoms with Gasteiger partial charge in [-0.3, -0.25) is 4.79 Å². The molecule has 0 N–H and O–H groups in total. The number of nitrogens with zero attached hydrogens (tertiary/aromatic N) is 3. The van der Waals surface area contributed by atoms with Gasteiger partial charge in [0, 0.05) is 31.8 Å². The molecule has 5 heteroatoms. The Morgan fingerprint density at radius 1 is 1.08 bits per heavy atom. The minimum Gasteiger partial charge on any atom is -0.342 e. The number of likely N-dealkylation sites (tertiary alicyclic amines) is 1. The molecule has 2 aliphatic carbocycles. The third-order valence-electron chi connectivity index (χ3n) is 6.00. The number of hydrogen-bond acceptors (Lipinski definition) is 4. The maximum Gasteiger partial charge on any atom is 0.226 e. The fourth-order valence-electron chi connectivity index (χ4n) is 4.35. The molecule has 2 saturated carbocycles. The molecule has 0 aromatic carbocycles. The first kappa shape index (κ1) is 16.1. The van der Waals surface area contributed by atoms with Crippen LogP contribution in [0, 0.1) is 11.8 Å². The normalized spacial score (nSPS) is 25.3. The summed E-state index contributed by atoms with van der Waals surface area (Å²) in [5, 5.41) is 4.10. The molecule has 4 rings (SSSR count). The third kappa shape index (κ3) is 3.98. The zero-order chi connectivity index (χ0) is 16.4. The summed E-state index contributed by atoms with van der Waals surface area (Å²) in [6.07, 6.45) is 12.7. The van der Waals surface area contributed by atoms with Gasteiger partial charge in [-0.25, -0.2) is 0 Å². The highest BCUT2D eigenvalue weighted by Crippen LogP contribution is 2.38. The van der Waals surface area contributed by atoms with Crippen molar-refractivity contribution in [2.75, 3.05) is 13.1 Å². The van der Waals surface area contributed by atoms with Crippen LogP contribution in [0.1, 0.15) is 81.8 Å². The molecular formula is C19H29N3O2. The molecule has 1 unspecified atom stereocenters. The zero-order valence-electron chi connectivity index (χ0n) is 14.6. The molecule has 1 aromatic rings. The molecule has 132 valence electrons. The molecule has 1 amide bonds. The smallest absolute Gasteiger partial charge is 0.226 e. The maximum atomic E-state index is 12.5. The predicted molar refractivity (Wildman–Crippen MR) is 90.5 cm³/mol. The Bertz CT molecular complexity index is 561. The van der Waals surface area contributed by atoms with E-state index in [2.05, 4.69) is 15.0 Å². The van der Waals surface area contributed by atoms with Gasteiger partial charge in [0.1, 0.15) is 0 Å². The number of piperidine rings is 1. The second-order valence-corrected chi connectivity index (χ2v) is 8.06. The lowest BCUT2D eigenvalue weighted by Gasteiger charge is -2.32. The molecule has 0 spiro atoms. The van der Waals surface area contributed by atoms with Gasteiger partial charge in [0.2, 0.25) is 11.8 Å². The van der Waals surface area contributed by atoms with Crippen LogP contribution >= 0.6 is 0 Å². The van der Waals surface area contributed by atoms with E-state index >= 15 is 0 Å². The van der Waals surface area contributed by atoms with Crippen molar-refractivity contribution in [3.8, 4) is 0 Å². The van der Waals surface area contributed by atoms with Gasteiger partial charge in [-0.1, -0.05) is 30.8 Å². The van der Waals surface area contributed by atoms with Crippen molar-refractivity contribution >= 4 is 5.91 Å². The Balaban J connectivity index is 1.25. The van der Waals surface area contributed by atoms with Gasteiger partial charge in [-0.15, -0.1) is 0 Å². The van der Waals surface area contributed by atoms with Crippen molar-refractivity contribution in [2.24, 2.45) is 11.8 Å². The highest BCUT2D eigenvalue weighted by Gasteiger charge is 2.30. The monoisotopic (exact) mass is 331 g/mol. The van der Waals surface area contributed by atoms with Gasteiger partial charge in [0.15, 0.2) is 5.82 Å². The zero-order valence-corrected chi connectivity index (χ0v) is 14.6. The van der Waals surface area contributed by atoms with E-state index in [4.69, 9.17) is 4.52 Å². The quantitative estimate of drug-likeness (QED) is 0.797. The molecule has 2 heterocycles. The Morgan fingerprint density at radius 2 is 1.88 bits per heavy atom. The SMILES string of the molecule is O=C(CCC1CCCC1)N1CCCC(Cc2nc(C3CC3)no2)C1. The standard InChI is InChI=1S/C19H29N3O2/c23-18(10-7-14-4-1-2-5-14)22-11-3-6-15(13-22)12-17-20-19(21-24-17)16-8-9-16/h14-16H,1-13H2. The van der Waals surface area contributed by atoms with Crippen LogP contribution in [0.4, 0.5) is 0 Å². The van der Waals surface area contributed by atoms with Gasteiger partial charge in [-0.05, 0) is 43.9 Å². The number of carbonyl (C=O) groups is 1. The van der Waals surface area contributed by atoms with E-state index in [0.717, 1.165) is 62.8 Å². The summed E-state index contributed by atoms with van der Waals surface area (Å²) in [5.74, 6) is 3.83. The van der Waals surface area contributed by atoms with Crippen LogP contribution in [-0.2, 0) is 11.2 Å². The van der Waals surface area contributed by atoms with E-state index in [0.29, 0.717) is 17.7 Å². The fourth-order valence-corrected chi connectivity index (χ4v) is 4.35. The minimum atomic E-state index is 0.357. The van der Waals surface area contributed by atoms with E-state index < -0.39 is 0 Å². The van der Waals surface area contributed by atoms with E-state index in [1.54, 1.807) is 0 Å². The molecule has 5 nitrogen and oxygen atoms in total. The van der Waals surface area contributed by atoms with Crippen molar-refractivity contribution in [2.45, 2.75) is 76.5 Å². The number of hydrogen-bond donors (Lipinski definition) is 0. The van der Waals surface area contributed by atoms with Gasteiger partial charge >= 0.3 is 0 Å². The summed E-state index contributed by atoms with van der Waals surface area (Å²) in [6.45, 7) is 1.79. The van der Waals surface area contributed by atoms with Crippen LogP contribution in [0.25, 0.3) is 0 Å². The largest absolute Gasteiger partial charge is 0.342 e. The average molecular weight is 331 g/mol. The first-order chi connectivity index (χ1) is 11.8. The van der Waals surface area contributed by atoms with Crippen LogP contribution in [0.15, 0.2) is 4.52 Å². The molecule has 1 atom stereocenters. The Hall–Kier alpha value is -1.39. The number of rotatable bonds is 6. The molecule has 1 saturated heterocycles. The van der Waals surface area contributed by atoms with Crippen molar-refractivity contribution in [1.29, 1.82) is 0 Å². The van der Waals surface area contributed by atoms with Gasteiger partial charge in [0.05, 0.1) is 0 Å². The van der Waals surface area contributed by atoms with Gasteiger partial charge < -0.3 is 9.42 Å². The van der Waals surface area contributed by atoms with Crippen LogP contribution in [0.5, 0.6) is 0 Å². The molecule has 3 aliphatic rings. The van der Waals surface area contributed by atoms with Crippen LogP contribution < -0.4 is 0 Å². The van der Waals surface area contributed by atoms with Crippen molar-refractivity contribution < 1.29 is 9.32 Å². The molecule has 1 aliphatic heterocycles. The minimum absolute atomic E-state index is 0.357. The van der Waals surface area contributed by atoms with Crippen molar-refractivity contribution in [3.63, 3.8) is 0 Å². The highest BCUT2D eigenvalue weighted by atomic mass is 16.5. The van der Waals surface area contributed by atoms with Gasteiger partial charge in [0.25, 0.3) is 0 Å². The lowest BCUT2D eigenvalue weighted by molar-refractivity contribution is -0.133. The first-order valence-electron chi connectivity index (χ1n) is 9.88. The second-order valence-electron chi connectivity index (χ2n) is 8.06. The molecular weight excluding hydrogens is 302 g/mol. The number of carbonyl (C=O) groups excluding carboxylic acids is 1. The number of amides is 1. The molecule has 0 radical (unpaired) electrons. The Labute approximate surface area is 144 Å². The molecule has 1 aromatic heterocycles. The summed E-state index contributed by atoms with van der Waals surface area (Å²) in [4.78, 5) is 19.2. The first-order valence-corrected chi connectivity index (χ1v) is 9.88. The highest BCUT2D eigenvalue weighted by molar-refractivity contribution is 5.76. The summed E-state index contributed by atoms with van der Waals surface area (Å²) in [5.41, 5.74) is 0. The Kier molecular flexibility index (Phi) is 4.86. The number of aromatic nitrogens is 2. The fraction of sp³-hybridized carbons (Fsp3) is 0.842. The van der Waals surface area contributed by atoms with Crippen LogP contribution in [-0.4, -0.2) is 34.0 Å². The topological polar surface area (TPSA) is 59.2 Å². The molecule has 0 bridgehead atoms. The average Bonchev–Trinajstić information content (AvgIpc) is 3.12. The van der Waals surface area contributed by atoms with Crippen molar-refractivity contribution in [3.05, 3.63) is 11.7 Å². The van der Waals surface area contributed by atoms with Gasteiger partial charge in [-0.2, -0.15) is 4.98 Å². The second kappa shape index (κ2) is 7.24. The lowest BCUT2D eigenvalue weighted by Crippen LogP contribution is -2.40.